The Kier molecular flexibility index (Phi) is 4.00. The average molecular weight is 342 g/mol. The van der Waals surface area contributed by atoms with Gasteiger partial charge in [-0.2, -0.15) is 0 Å². The molecule has 1 fully saturated rings. The molecule has 4 nitrogen and oxygen atoms in total. The minimum absolute atomic E-state index is 0.158. The molecule has 2 rings (SSSR count). The Morgan fingerprint density at radius 2 is 2.00 bits per heavy atom. The summed E-state index contributed by atoms with van der Waals surface area (Å²) < 4.78 is 51.4. The predicted molar refractivity (Wildman–Crippen MR) is 63.1 cm³/mol. The van der Waals surface area contributed by atoms with E-state index in [9.17, 15) is 17.2 Å². The van der Waals surface area contributed by atoms with Crippen LogP contribution in [0.15, 0.2) is 21.5 Å². The van der Waals surface area contributed by atoms with Crippen molar-refractivity contribution >= 4 is 26.0 Å². The first-order chi connectivity index (χ1) is 8.43. The van der Waals surface area contributed by atoms with Crippen molar-refractivity contribution in [1.82, 2.24) is 4.47 Å². The van der Waals surface area contributed by atoms with Crippen LogP contribution in [0.3, 0.4) is 0 Å². The van der Waals surface area contributed by atoms with Crippen molar-refractivity contribution in [1.29, 1.82) is 0 Å². The molecular formula is C10H10BrF2NO3S. The molecule has 1 saturated heterocycles. The smallest absolute Gasteiger partial charge is 0.269 e. The van der Waals surface area contributed by atoms with Gasteiger partial charge in [-0.05, 0) is 34.8 Å². The highest BCUT2D eigenvalue weighted by Crippen LogP contribution is 2.30. The fourth-order valence-corrected chi connectivity index (χ4v) is 4.06. The third-order valence-corrected chi connectivity index (χ3v) is 5.10. The van der Waals surface area contributed by atoms with Crippen LogP contribution in [-0.2, 0) is 14.9 Å². The summed E-state index contributed by atoms with van der Waals surface area (Å²) in [7, 11) is -4.12. The van der Waals surface area contributed by atoms with Gasteiger partial charge >= 0.3 is 0 Å². The summed E-state index contributed by atoms with van der Waals surface area (Å²) in [6, 6.07) is 1.43. The third kappa shape index (κ3) is 2.56. The highest BCUT2D eigenvalue weighted by molar-refractivity contribution is 9.10. The molecule has 0 unspecified atom stereocenters. The fraction of sp³-hybridized carbons (Fsp3) is 0.400. The van der Waals surface area contributed by atoms with Crippen molar-refractivity contribution < 1.29 is 22.0 Å². The van der Waals surface area contributed by atoms with Crippen LogP contribution in [0.1, 0.15) is 12.8 Å². The Balaban J connectivity index is 2.47. The van der Waals surface area contributed by atoms with E-state index in [1.54, 1.807) is 0 Å². The van der Waals surface area contributed by atoms with E-state index in [0.29, 0.717) is 12.5 Å². The van der Waals surface area contributed by atoms with Crippen molar-refractivity contribution in [2.24, 2.45) is 0 Å². The second-order valence-corrected chi connectivity index (χ2v) is 6.39. The van der Waals surface area contributed by atoms with Crippen molar-refractivity contribution in [3.05, 3.63) is 28.2 Å². The average Bonchev–Trinajstić information content (AvgIpc) is 2.28. The van der Waals surface area contributed by atoms with Crippen LogP contribution in [0, 0.1) is 11.6 Å². The second kappa shape index (κ2) is 5.20. The van der Waals surface area contributed by atoms with E-state index in [4.69, 9.17) is 4.84 Å². The van der Waals surface area contributed by atoms with Crippen molar-refractivity contribution in [3.63, 3.8) is 0 Å². The predicted octanol–water partition coefficient (Wildman–Crippen LogP) is 2.44. The number of halogens is 3. The van der Waals surface area contributed by atoms with Crippen LogP contribution in [0.4, 0.5) is 8.78 Å². The van der Waals surface area contributed by atoms with E-state index in [1.807, 2.05) is 0 Å². The summed E-state index contributed by atoms with van der Waals surface area (Å²) in [6.45, 7) is 0.422. The molecular weight excluding hydrogens is 332 g/mol. The van der Waals surface area contributed by atoms with Gasteiger partial charge < -0.3 is 0 Å². The lowest BCUT2D eigenvalue weighted by atomic mass is 10.3. The molecule has 0 aliphatic carbocycles. The summed E-state index contributed by atoms with van der Waals surface area (Å²) in [5.41, 5.74) is 0. The SMILES string of the molecule is O=S(=O)(c1c(F)cc(F)cc1Br)N1CCCCO1. The van der Waals surface area contributed by atoms with E-state index >= 15 is 0 Å². The van der Waals surface area contributed by atoms with Crippen LogP contribution in [0.5, 0.6) is 0 Å². The van der Waals surface area contributed by atoms with Crippen molar-refractivity contribution in [2.45, 2.75) is 17.7 Å². The van der Waals surface area contributed by atoms with Crippen LogP contribution in [0.25, 0.3) is 0 Å². The van der Waals surface area contributed by atoms with Gasteiger partial charge in [0.2, 0.25) is 0 Å². The molecule has 100 valence electrons. The first-order valence-electron chi connectivity index (χ1n) is 5.23. The largest absolute Gasteiger partial charge is 0.284 e. The zero-order valence-corrected chi connectivity index (χ0v) is 11.6. The van der Waals surface area contributed by atoms with E-state index < -0.39 is 26.6 Å². The maximum absolute atomic E-state index is 13.6. The maximum atomic E-state index is 13.6. The topological polar surface area (TPSA) is 46.6 Å². The molecule has 0 amide bonds. The summed E-state index contributed by atoms with van der Waals surface area (Å²) >= 11 is 2.86. The van der Waals surface area contributed by atoms with Gasteiger partial charge in [-0.25, -0.2) is 17.2 Å². The zero-order valence-electron chi connectivity index (χ0n) is 9.20. The van der Waals surface area contributed by atoms with Crippen molar-refractivity contribution in [3.8, 4) is 0 Å². The van der Waals surface area contributed by atoms with Gasteiger partial charge in [-0.15, -0.1) is 0 Å². The Labute approximate surface area is 112 Å². The molecule has 18 heavy (non-hydrogen) atoms. The first kappa shape index (κ1) is 13.9. The second-order valence-electron chi connectivity index (χ2n) is 3.77. The van der Waals surface area contributed by atoms with Gasteiger partial charge in [-0.3, -0.25) is 4.84 Å². The molecule has 1 aromatic carbocycles. The number of sulfonamides is 1. The number of rotatable bonds is 2. The molecule has 1 aromatic rings. The van der Waals surface area contributed by atoms with Crippen LogP contribution < -0.4 is 0 Å². The Morgan fingerprint density at radius 3 is 2.56 bits per heavy atom. The molecule has 1 aliphatic heterocycles. The first-order valence-corrected chi connectivity index (χ1v) is 7.46. The highest BCUT2D eigenvalue weighted by Gasteiger charge is 2.32. The summed E-state index contributed by atoms with van der Waals surface area (Å²) in [5, 5.41) is 0. The Hall–Kier alpha value is -0.570. The molecule has 1 aliphatic rings. The minimum Gasteiger partial charge on any atom is -0.284 e. The van der Waals surface area contributed by atoms with Gasteiger partial charge in [0, 0.05) is 17.1 Å². The van der Waals surface area contributed by atoms with Crippen LogP contribution >= 0.6 is 15.9 Å². The lowest BCUT2D eigenvalue weighted by Crippen LogP contribution is -2.36. The van der Waals surface area contributed by atoms with Crippen LogP contribution in [-0.4, -0.2) is 26.0 Å². The minimum atomic E-state index is -4.12. The normalized spacial score (nSPS) is 17.9. The lowest BCUT2D eigenvalue weighted by Gasteiger charge is -2.25. The van der Waals surface area contributed by atoms with Gasteiger partial charge in [-0.1, -0.05) is 4.47 Å². The van der Waals surface area contributed by atoms with E-state index in [0.717, 1.165) is 17.0 Å². The van der Waals surface area contributed by atoms with E-state index in [2.05, 4.69) is 15.9 Å². The zero-order chi connectivity index (χ0) is 13.3. The number of benzene rings is 1. The van der Waals surface area contributed by atoms with Gasteiger partial charge in [0.25, 0.3) is 10.0 Å². The van der Waals surface area contributed by atoms with Gasteiger partial charge in [0.15, 0.2) is 0 Å². The quantitative estimate of drug-likeness (QED) is 0.830. The lowest BCUT2D eigenvalue weighted by molar-refractivity contribution is -0.109. The Morgan fingerprint density at radius 1 is 1.28 bits per heavy atom. The summed E-state index contributed by atoms with van der Waals surface area (Å²) in [6.07, 6.45) is 1.39. The number of hydrogen-bond acceptors (Lipinski definition) is 3. The monoisotopic (exact) mass is 341 g/mol. The molecule has 1 heterocycles. The molecule has 0 bridgehead atoms. The van der Waals surface area contributed by atoms with Gasteiger partial charge in [0.05, 0.1) is 6.61 Å². The molecule has 0 atom stereocenters. The Bertz CT molecular complexity index is 535. The molecule has 0 saturated carbocycles. The molecule has 0 N–H and O–H groups in total. The number of nitrogens with zero attached hydrogens (tertiary/aromatic N) is 1. The molecule has 0 radical (unpaired) electrons. The van der Waals surface area contributed by atoms with E-state index in [-0.39, 0.29) is 17.6 Å². The third-order valence-electron chi connectivity index (χ3n) is 2.46. The van der Waals surface area contributed by atoms with Crippen LogP contribution in [0.2, 0.25) is 0 Å². The molecule has 0 aromatic heterocycles. The molecule has 8 heteroatoms. The summed E-state index contributed by atoms with van der Waals surface area (Å²) in [4.78, 5) is 4.40. The fourth-order valence-electron chi connectivity index (χ4n) is 1.64. The maximum Gasteiger partial charge on any atom is 0.269 e. The highest BCUT2D eigenvalue weighted by atomic mass is 79.9. The standard InChI is InChI=1S/C10H10BrF2NO3S/c11-8-5-7(12)6-9(13)10(8)18(15,16)14-3-1-2-4-17-14/h5-6H,1-4H2. The van der Waals surface area contributed by atoms with E-state index in [1.165, 1.54) is 0 Å². The molecule has 0 spiro atoms. The summed E-state index contributed by atoms with van der Waals surface area (Å²) in [5.74, 6) is -1.99. The number of hydrogen-bond donors (Lipinski definition) is 0. The van der Waals surface area contributed by atoms with Crippen molar-refractivity contribution in [2.75, 3.05) is 13.2 Å². The van der Waals surface area contributed by atoms with Gasteiger partial charge in [0.1, 0.15) is 16.5 Å². The number of hydroxylamine groups is 1.